The van der Waals surface area contributed by atoms with Gasteiger partial charge in [0.2, 0.25) is 0 Å². The largest absolute Gasteiger partial charge is 0.368 e. The van der Waals surface area contributed by atoms with Crippen LogP contribution in [-0.2, 0) is 12.8 Å². The van der Waals surface area contributed by atoms with Crippen molar-refractivity contribution in [2.75, 3.05) is 11.4 Å². The SMILES string of the molecule is CCc1cccc2c1N(C(C)C)CC2. The lowest BCUT2D eigenvalue weighted by Crippen LogP contribution is -2.29. The molecular formula is C13H19N. The Balaban J connectivity index is 2.45. The molecular weight excluding hydrogens is 170 g/mol. The lowest BCUT2D eigenvalue weighted by molar-refractivity contribution is 0.707. The van der Waals surface area contributed by atoms with Crippen molar-refractivity contribution in [2.24, 2.45) is 0 Å². The zero-order valence-corrected chi connectivity index (χ0v) is 9.38. The van der Waals surface area contributed by atoms with E-state index in [9.17, 15) is 0 Å². The summed E-state index contributed by atoms with van der Waals surface area (Å²) in [6, 6.07) is 7.36. The minimum Gasteiger partial charge on any atom is -0.368 e. The molecule has 0 radical (unpaired) electrons. The molecule has 0 unspecified atom stereocenters. The van der Waals surface area contributed by atoms with Crippen LogP contribution in [0.5, 0.6) is 0 Å². The van der Waals surface area contributed by atoms with Crippen LogP contribution in [0.25, 0.3) is 0 Å². The molecule has 0 amide bonds. The first kappa shape index (κ1) is 9.57. The van der Waals surface area contributed by atoms with Gasteiger partial charge in [-0.25, -0.2) is 0 Å². The van der Waals surface area contributed by atoms with Crippen LogP contribution >= 0.6 is 0 Å². The van der Waals surface area contributed by atoms with E-state index in [-0.39, 0.29) is 0 Å². The van der Waals surface area contributed by atoms with Crippen LogP contribution in [0.15, 0.2) is 18.2 Å². The van der Waals surface area contributed by atoms with Crippen molar-refractivity contribution < 1.29 is 0 Å². The predicted molar refractivity (Wildman–Crippen MR) is 62.0 cm³/mol. The molecule has 0 N–H and O–H groups in total. The summed E-state index contributed by atoms with van der Waals surface area (Å²) < 4.78 is 0. The van der Waals surface area contributed by atoms with Crippen LogP contribution in [0.2, 0.25) is 0 Å². The van der Waals surface area contributed by atoms with Crippen molar-refractivity contribution in [1.29, 1.82) is 0 Å². The van der Waals surface area contributed by atoms with Gasteiger partial charge in [-0.15, -0.1) is 0 Å². The van der Waals surface area contributed by atoms with Crippen LogP contribution in [0.4, 0.5) is 5.69 Å². The number of aryl methyl sites for hydroxylation is 1. The Morgan fingerprint density at radius 3 is 2.79 bits per heavy atom. The van der Waals surface area contributed by atoms with E-state index in [4.69, 9.17) is 0 Å². The molecule has 1 aliphatic heterocycles. The van der Waals surface area contributed by atoms with E-state index in [1.165, 1.54) is 29.8 Å². The summed E-state index contributed by atoms with van der Waals surface area (Å²) in [4.78, 5) is 2.54. The lowest BCUT2D eigenvalue weighted by Gasteiger charge is -2.26. The number of fused-ring (bicyclic) bond motifs is 1. The van der Waals surface area contributed by atoms with Gasteiger partial charge in [0.15, 0.2) is 0 Å². The van der Waals surface area contributed by atoms with Crippen molar-refractivity contribution in [2.45, 2.75) is 39.7 Å². The molecule has 1 aromatic carbocycles. The highest BCUT2D eigenvalue weighted by Gasteiger charge is 2.22. The molecule has 0 aromatic heterocycles. The molecule has 1 nitrogen and oxygen atoms in total. The van der Waals surface area contributed by atoms with E-state index in [0.29, 0.717) is 6.04 Å². The summed E-state index contributed by atoms with van der Waals surface area (Å²) in [7, 11) is 0. The van der Waals surface area contributed by atoms with Gasteiger partial charge >= 0.3 is 0 Å². The summed E-state index contributed by atoms with van der Waals surface area (Å²) >= 11 is 0. The third-order valence-corrected chi connectivity index (χ3v) is 3.12. The molecule has 76 valence electrons. The first-order valence-corrected chi connectivity index (χ1v) is 5.61. The fraction of sp³-hybridized carbons (Fsp3) is 0.538. The number of anilines is 1. The fourth-order valence-electron chi connectivity index (χ4n) is 2.37. The third-order valence-electron chi connectivity index (χ3n) is 3.12. The van der Waals surface area contributed by atoms with Crippen LogP contribution in [0.3, 0.4) is 0 Å². The average molecular weight is 189 g/mol. The Labute approximate surface area is 86.7 Å². The molecule has 2 rings (SSSR count). The summed E-state index contributed by atoms with van der Waals surface area (Å²) in [6.07, 6.45) is 2.37. The molecule has 1 aliphatic rings. The van der Waals surface area contributed by atoms with E-state index >= 15 is 0 Å². The van der Waals surface area contributed by atoms with Crippen molar-refractivity contribution >= 4 is 5.69 Å². The number of rotatable bonds is 2. The number of para-hydroxylation sites is 1. The van der Waals surface area contributed by atoms with Gasteiger partial charge in [-0.3, -0.25) is 0 Å². The summed E-state index contributed by atoms with van der Waals surface area (Å²) in [5.74, 6) is 0. The van der Waals surface area contributed by atoms with E-state index in [1.807, 2.05) is 0 Å². The van der Waals surface area contributed by atoms with Crippen LogP contribution in [0, 0.1) is 0 Å². The van der Waals surface area contributed by atoms with E-state index < -0.39 is 0 Å². The van der Waals surface area contributed by atoms with E-state index in [0.717, 1.165) is 6.42 Å². The highest BCUT2D eigenvalue weighted by atomic mass is 15.2. The standard InChI is InChI=1S/C13H19N/c1-4-11-6-5-7-12-8-9-14(10(2)3)13(11)12/h5-7,10H,4,8-9H2,1-3H3. The van der Waals surface area contributed by atoms with Gasteiger partial charge in [-0.2, -0.15) is 0 Å². The Morgan fingerprint density at radius 2 is 2.14 bits per heavy atom. The second kappa shape index (κ2) is 3.64. The Morgan fingerprint density at radius 1 is 1.36 bits per heavy atom. The minimum absolute atomic E-state index is 0.629. The van der Waals surface area contributed by atoms with Crippen LogP contribution in [-0.4, -0.2) is 12.6 Å². The average Bonchev–Trinajstić information content (AvgIpc) is 2.60. The van der Waals surface area contributed by atoms with Gasteiger partial charge < -0.3 is 4.90 Å². The number of benzene rings is 1. The molecule has 14 heavy (non-hydrogen) atoms. The normalized spacial score (nSPS) is 15.0. The van der Waals surface area contributed by atoms with E-state index in [2.05, 4.69) is 43.9 Å². The Kier molecular flexibility index (Phi) is 2.49. The van der Waals surface area contributed by atoms with Crippen molar-refractivity contribution in [3.8, 4) is 0 Å². The first-order valence-electron chi connectivity index (χ1n) is 5.61. The maximum atomic E-state index is 2.54. The smallest absolute Gasteiger partial charge is 0.0434 e. The molecule has 0 saturated carbocycles. The number of hydrogen-bond donors (Lipinski definition) is 0. The molecule has 0 fully saturated rings. The van der Waals surface area contributed by atoms with Gasteiger partial charge in [-0.1, -0.05) is 25.1 Å². The van der Waals surface area contributed by atoms with Crippen LogP contribution < -0.4 is 4.90 Å². The molecule has 0 aliphatic carbocycles. The summed E-state index contributed by atoms with van der Waals surface area (Å²) in [6.45, 7) is 8.00. The maximum Gasteiger partial charge on any atom is 0.0434 e. The fourth-order valence-corrected chi connectivity index (χ4v) is 2.37. The van der Waals surface area contributed by atoms with Crippen molar-refractivity contribution in [1.82, 2.24) is 0 Å². The van der Waals surface area contributed by atoms with Gasteiger partial charge in [0, 0.05) is 18.3 Å². The second-order valence-corrected chi connectivity index (χ2v) is 4.32. The highest BCUT2D eigenvalue weighted by Crippen LogP contribution is 2.33. The zero-order valence-electron chi connectivity index (χ0n) is 9.38. The molecule has 1 aromatic rings. The van der Waals surface area contributed by atoms with Crippen molar-refractivity contribution in [3.63, 3.8) is 0 Å². The lowest BCUT2D eigenvalue weighted by atomic mass is 10.1. The molecule has 1 heteroatoms. The first-order chi connectivity index (χ1) is 6.74. The zero-order chi connectivity index (χ0) is 10.1. The van der Waals surface area contributed by atoms with Gasteiger partial charge in [0.1, 0.15) is 0 Å². The third kappa shape index (κ3) is 1.41. The molecule has 0 bridgehead atoms. The van der Waals surface area contributed by atoms with Gasteiger partial charge in [0.05, 0.1) is 0 Å². The Bertz CT molecular complexity index is 328. The second-order valence-electron chi connectivity index (χ2n) is 4.32. The molecule has 1 heterocycles. The highest BCUT2D eigenvalue weighted by molar-refractivity contribution is 5.63. The molecule has 0 spiro atoms. The van der Waals surface area contributed by atoms with Gasteiger partial charge in [0.25, 0.3) is 0 Å². The van der Waals surface area contributed by atoms with Gasteiger partial charge in [-0.05, 0) is 37.8 Å². The predicted octanol–water partition coefficient (Wildman–Crippen LogP) is 3.02. The van der Waals surface area contributed by atoms with E-state index in [1.54, 1.807) is 0 Å². The van der Waals surface area contributed by atoms with Crippen molar-refractivity contribution in [3.05, 3.63) is 29.3 Å². The monoisotopic (exact) mass is 189 g/mol. The number of hydrogen-bond acceptors (Lipinski definition) is 1. The quantitative estimate of drug-likeness (QED) is 0.691. The molecule has 0 atom stereocenters. The minimum atomic E-state index is 0.629. The number of nitrogens with zero attached hydrogens (tertiary/aromatic N) is 1. The molecule has 0 saturated heterocycles. The summed E-state index contributed by atoms with van der Waals surface area (Å²) in [5.41, 5.74) is 4.57. The summed E-state index contributed by atoms with van der Waals surface area (Å²) in [5, 5.41) is 0. The Hall–Kier alpha value is -0.980. The topological polar surface area (TPSA) is 3.24 Å². The maximum absolute atomic E-state index is 2.54. The van der Waals surface area contributed by atoms with Crippen LogP contribution in [0.1, 0.15) is 31.9 Å².